The summed E-state index contributed by atoms with van der Waals surface area (Å²) in [5, 5.41) is 12.5. The van der Waals surface area contributed by atoms with Crippen molar-refractivity contribution in [2.75, 3.05) is 6.54 Å². The van der Waals surface area contributed by atoms with Crippen LogP contribution in [0.15, 0.2) is 109 Å². The van der Waals surface area contributed by atoms with Gasteiger partial charge in [0, 0.05) is 6.54 Å². The number of benzene rings is 4. The zero-order valence-electron chi connectivity index (χ0n) is 22.0. The molecular weight excluding hydrogens is 546 g/mol. The Hall–Kier alpha value is -4.14. The van der Waals surface area contributed by atoms with Gasteiger partial charge in [-0.05, 0) is 46.4 Å². The summed E-state index contributed by atoms with van der Waals surface area (Å²) in [6.45, 7) is -0.157. The maximum absolute atomic E-state index is 13.5. The third-order valence-corrected chi connectivity index (χ3v) is 8.25. The molecule has 0 aromatic heterocycles. The largest absolute Gasteiger partial charge is 0.481 e. The van der Waals surface area contributed by atoms with Crippen LogP contribution in [-0.4, -0.2) is 39.4 Å². The van der Waals surface area contributed by atoms with Crippen LogP contribution >= 0.6 is 7.60 Å². The number of carbonyl (C=O) groups is 2. The van der Waals surface area contributed by atoms with Crippen molar-refractivity contribution in [1.82, 2.24) is 10.6 Å². The van der Waals surface area contributed by atoms with Crippen molar-refractivity contribution < 1.29 is 33.4 Å². The van der Waals surface area contributed by atoms with Crippen LogP contribution in [0, 0.1) is 5.82 Å². The average Bonchev–Trinajstić information content (AvgIpc) is 2.96. The summed E-state index contributed by atoms with van der Waals surface area (Å²) in [4.78, 5) is 46.3. The number of rotatable bonds is 12. The van der Waals surface area contributed by atoms with Gasteiger partial charge >= 0.3 is 13.6 Å². The van der Waals surface area contributed by atoms with Crippen LogP contribution in [0.3, 0.4) is 0 Å². The lowest BCUT2D eigenvalue weighted by molar-refractivity contribution is -0.137. The first kappa shape index (κ1) is 29.8. The second-order valence-electron chi connectivity index (χ2n) is 9.53. The van der Waals surface area contributed by atoms with Crippen LogP contribution in [0.4, 0.5) is 4.39 Å². The first-order valence-corrected chi connectivity index (χ1v) is 14.5. The van der Waals surface area contributed by atoms with E-state index >= 15 is 0 Å². The molecule has 0 saturated carbocycles. The van der Waals surface area contributed by atoms with E-state index < -0.39 is 30.8 Å². The minimum atomic E-state index is -5.06. The van der Waals surface area contributed by atoms with Gasteiger partial charge in [-0.15, -0.1) is 0 Å². The van der Waals surface area contributed by atoms with E-state index in [1.54, 1.807) is 84.9 Å². The Morgan fingerprint density at radius 3 is 1.73 bits per heavy atom. The summed E-state index contributed by atoms with van der Waals surface area (Å²) in [6.07, 6.45) is -0.282. The lowest BCUT2D eigenvalue weighted by Gasteiger charge is -2.39. The Morgan fingerprint density at radius 1 is 0.780 bits per heavy atom. The van der Waals surface area contributed by atoms with Gasteiger partial charge in [0.2, 0.25) is 5.91 Å². The van der Waals surface area contributed by atoms with Crippen molar-refractivity contribution in [3.63, 3.8) is 0 Å². The molecule has 0 bridgehead atoms. The van der Waals surface area contributed by atoms with Gasteiger partial charge in [0.1, 0.15) is 5.82 Å². The molecule has 41 heavy (non-hydrogen) atoms. The molecule has 0 aliphatic carbocycles. The minimum absolute atomic E-state index is 0.0318. The third kappa shape index (κ3) is 7.14. The van der Waals surface area contributed by atoms with Crippen LogP contribution in [-0.2, 0) is 25.9 Å². The van der Waals surface area contributed by atoms with E-state index in [0.29, 0.717) is 5.56 Å². The number of aliphatic carboxylic acids is 1. The topological polar surface area (TPSA) is 136 Å². The summed E-state index contributed by atoms with van der Waals surface area (Å²) >= 11 is 0. The Morgan fingerprint density at radius 2 is 1.27 bits per heavy atom. The molecule has 1 atom stereocenters. The molecule has 0 radical (unpaired) electrons. The number of halogens is 1. The minimum Gasteiger partial charge on any atom is -0.481 e. The number of hydrogen-bond acceptors (Lipinski definition) is 4. The van der Waals surface area contributed by atoms with Crippen LogP contribution in [0.25, 0.3) is 11.1 Å². The van der Waals surface area contributed by atoms with Crippen molar-refractivity contribution in [3.8, 4) is 11.1 Å². The second-order valence-corrected chi connectivity index (χ2v) is 11.3. The lowest BCUT2D eigenvalue weighted by Crippen LogP contribution is -2.55. The molecule has 0 aliphatic rings. The van der Waals surface area contributed by atoms with Crippen molar-refractivity contribution in [1.29, 1.82) is 0 Å². The summed E-state index contributed by atoms with van der Waals surface area (Å²) in [5.74, 6) is -2.05. The summed E-state index contributed by atoms with van der Waals surface area (Å²) in [6, 6.07) is 28.4. The third-order valence-electron chi connectivity index (χ3n) is 6.73. The predicted octanol–water partition coefficient (Wildman–Crippen LogP) is 4.66. The molecule has 0 saturated heterocycles. The predicted molar refractivity (Wildman–Crippen MR) is 153 cm³/mol. The average molecular weight is 577 g/mol. The fourth-order valence-electron chi connectivity index (χ4n) is 4.70. The van der Waals surface area contributed by atoms with Gasteiger partial charge in [0.15, 0.2) is 5.28 Å². The number of amides is 1. The Labute approximate surface area is 237 Å². The van der Waals surface area contributed by atoms with Crippen LogP contribution in [0.1, 0.15) is 23.1 Å². The SMILES string of the molecule is O=C(O)CCNC(=O)C(Cc1ccc(-c2ccc(F)cc2)cc1)NC(c1ccccc1)(c1ccccc1)P(=O)(O)O. The molecule has 10 heteroatoms. The Kier molecular flexibility index (Phi) is 9.47. The second kappa shape index (κ2) is 13.0. The van der Waals surface area contributed by atoms with Gasteiger partial charge in [-0.1, -0.05) is 97.1 Å². The maximum Gasteiger partial charge on any atom is 0.354 e. The number of nitrogens with one attached hydrogen (secondary N) is 2. The maximum atomic E-state index is 13.5. The highest BCUT2D eigenvalue weighted by Gasteiger charge is 2.51. The molecule has 0 aliphatic heterocycles. The molecule has 4 aromatic rings. The van der Waals surface area contributed by atoms with Crippen molar-refractivity contribution in [3.05, 3.63) is 132 Å². The smallest absolute Gasteiger partial charge is 0.354 e. The van der Waals surface area contributed by atoms with E-state index in [1.807, 2.05) is 12.1 Å². The molecule has 8 nitrogen and oxygen atoms in total. The highest BCUT2D eigenvalue weighted by Crippen LogP contribution is 2.59. The standard InChI is InChI=1S/C31H30FN2O6P/c32-27-17-15-24(16-18-27)23-13-11-22(12-14-23)21-28(30(37)33-20-19-29(35)36)34-31(41(38,39)40,25-7-3-1-4-8-25)26-9-5-2-6-10-26/h1-18,28,34H,19-21H2,(H,33,37)(H,35,36)(H2,38,39,40). The Balaban J connectivity index is 1.74. The van der Waals surface area contributed by atoms with Crippen molar-refractivity contribution in [2.45, 2.75) is 24.2 Å². The molecule has 1 unspecified atom stereocenters. The first-order chi connectivity index (χ1) is 19.6. The van der Waals surface area contributed by atoms with E-state index in [-0.39, 0.29) is 36.3 Å². The fraction of sp³-hybridized carbons (Fsp3) is 0.161. The number of hydrogen-bond donors (Lipinski definition) is 5. The molecule has 212 valence electrons. The monoisotopic (exact) mass is 576 g/mol. The van der Waals surface area contributed by atoms with E-state index in [0.717, 1.165) is 11.1 Å². The van der Waals surface area contributed by atoms with Gasteiger partial charge in [0.05, 0.1) is 12.5 Å². The van der Waals surface area contributed by atoms with Crippen molar-refractivity contribution in [2.24, 2.45) is 0 Å². The number of carbonyl (C=O) groups excluding carboxylic acids is 1. The summed E-state index contributed by atoms with van der Waals surface area (Å²) < 4.78 is 26.7. The highest BCUT2D eigenvalue weighted by molar-refractivity contribution is 7.53. The summed E-state index contributed by atoms with van der Waals surface area (Å²) in [7, 11) is -5.06. The Bertz CT molecular complexity index is 1470. The van der Waals surface area contributed by atoms with Crippen molar-refractivity contribution >= 4 is 19.5 Å². The molecule has 0 spiro atoms. The fourth-order valence-corrected chi connectivity index (χ4v) is 6.00. The first-order valence-electron chi connectivity index (χ1n) is 12.9. The van der Waals surface area contributed by atoms with Gasteiger partial charge in [0.25, 0.3) is 0 Å². The van der Waals surface area contributed by atoms with Crippen LogP contribution in [0.5, 0.6) is 0 Å². The zero-order valence-corrected chi connectivity index (χ0v) is 22.9. The molecule has 1 amide bonds. The normalized spacial score (nSPS) is 12.5. The quantitative estimate of drug-likeness (QED) is 0.155. The molecule has 4 rings (SSSR count). The molecule has 4 aromatic carbocycles. The van der Waals surface area contributed by atoms with E-state index in [2.05, 4.69) is 10.6 Å². The van der Waals surface area contributed by atoms with Gasteiger partial charge in [-0.25, -0.2) is 4.39 Å². The van der Waals surface area contributed by atoms with E-state index in [9.17, 15) is 28.3 Å². The van der Waals surface area contributed by atoms with Gasteiger partial charge in [-0.2, -0.15) is 0 Å². The summed E-state index contributed by atoms with van der Waals surface area (Å²) in [5.41, 5.74) is 2.82. The van der Waals surface area contributed by atoms with E-state index in [1.165, 1.54) is 12.1 Å². The van der Waals surface area contributed by atoms with Gasteiger partial charge < -0.3 is 20.2 Å². The highest BCUT2D eigenvalue weighted by atomic mass is 31.2. The van der Waals surface area contributed by atoms with Crippen LogP contribution in [0.2, 0.25) is 0 Å². The molecular formula is C31H30FN2O6P. The number of carboxylic acids is 1. The van der Waals surface area contributed by atoms with E-state index in [4.69, 9.17) is 5.11 Å². The number of carboxylic acid groups (broad SMARTS) is 1. The lowest BCUT2D eigenvalue weighted by atomic mass is 9.94. The van der Waals surface area contributed by atoms with Gasteiger partial charge in [-0.3, -0.25) is 19.5 Å². The molecule has 0 fully saturated rings. The molecule has 5 N–H and O–H groups in total. The van der Waals surface area contributed by atoms with Crippen LogP contribution < -0.4 is 10.6 Å². The molecule has 0 heterocycles. The zero-order chi connectivity index (χ0) is 29.5.